The molecule has 0 fully saturated rings. The topological polar surface area (TPSA) is 67.3 Å². The molecule has 106 valence electrons. The van der Waals surface area contributed by atoms with Gasteiger partial charge < -0.3 is 15.2 Å². The van der Waals surface area contributed by atoms with Gasteiger partial charge in [0.25, 0.3) is 0 Å². The Hall–Kier alpha value is -1.66. The lowest BCUT2D eigenvalue weighted by molar-refractivity contribution is 0.181. The van der Waals surface area contributed by atoms with Crippen molar-refractivity contribution < 1.29 is 9.84 Å². The van der Waals surface area contributed by atoms with E-state index in [4.69, 9.17) is 4.74 Å². The Labute approximate surface area is 126 Å². The monoisotopic (exact) mass is 337 g/mol. The zero-order valence-electron chi connectivity index (χ0n) is 11.4. The molecule has 0 amide bonds. The normalized spacial score (nSPS) is 10.6. The molecule has 0 saturated carbocycles. The zero-order chi connectivity index (χ0) is 14.5. The number of benzene rings is 1. The molecule has 0 unspecified atom stereocenters. The van der Waals surface area contributed by atoms with E-state index >= 15 is 0 Å². The van der Waals surface area contributed by atoms with Gasteiger partial charge >= 0.3 is 0 Å². The van der Waals surface area contributed by atoms with E-state index in [1.807, 2.05) is 6.92 Å². The lowest BCUT2D eigenvalue weighted by atomic mass is 10.2. The van der Waals surface area contributed by atoms with Crippen LogP contribution in [0.1, 0.15) is 12.6 Å². The predicted molar refractivity (Wildman–Crippen MR) is 81.7 cm³/mol. The van der Waals surface area contributed by atoms with Crippen LogP contribution in [0, 0.1) is 0 Å². The van der Waals surface area contributed by atoms with E-state index in [0.717, 1.165) is 28.1 Å². The van der Waals surface area contributed by atoms with Crippen LogP contribution in [0.25, 0.3) is 11.4 Å². The predicted octanol–water partition coefficient (Wildman–Crippen LogP) is 3.19. The molecule has 6 heteroatoms. The number of nitrogens with zero attached hydrogens (tertiary/aromatic N) is 2. The summed E-state index contributed by atoms with van der Waals surface area (Å²) in [6.45, 7) is 3.16. The molecule has 2 aromatic rings. The van der Waals surface area contributed by atoms with Crippen LogP contribution in [-0.2, 0) is 11.3 Å². The first kappa shape index (κ1) is 14.7. The highest BCUT2D eigenvalue weighted by Gasteiger charge is 2.13. The van der Waals surface area contributed by atoms with Gasteiger partial charge in [0.2, 0.25) is 0 Å². The van der Waals surface area contributed by atoms with E-state index in [2.05, 4.69) is 31.2 Å². The van der Waals surface area contributed by atoms with E-state index in [9.17, 15) is 5.11 Å². The van der Waals surface area contributed by atoms with Crippen LogP contribution in [0.4, 0.5) is 5.82 Å². The van der Waals surface area contributed by atoms with Crippen LogP contribution in [-0.4, -0.2) is 28.7 Å². The first-order chi connectivity index (χ1) is 9.65. The van der Waals surface area contributed by atoms with E-state index in [-0.39, 0.29) is 5.75 Å². The number of aromatic nitrogens is 2. The number of nitrogens with one attached hydrogen (secondary N) is 1. The van der Waals surface area contributed by atoms with Gasteiger partial charge in [-0.15, -0.1) is 0 Å². The largest absolute Gasteiger partial charge is 0.508 e. The third kappa shape index (κ3) is 3.26. The van der Waals surface area contributed by atoms with Crippen molar-refractivity contribution in [3.05, 3.63) is 34.4 Å². The Kier molecular flexibility index (Phi) is 4.92. The summed E-state index contributed by atoms with van der Waals surface area (Å²) in [6, 6.07) is 6.79. The van der Waals surface area contributed by atoms with Gasteiger partial charge in [-0.3, -0.25) is 0 Å². The lowest BCUT2D eigenvalue weighted by Gasteiger charge is -2.12. The Balaban J connectivity index is 2.49. The number of rotatable bonds is 5. The highest BCUT2D eigenvalue weighted by atomic mass is 79.9. The van der Waals surface area contributed by atoms with Crippen LogP contribution < -0.4 is 5.32 Å². The Morgan fingerprint density at radius 1 is 1.25 bits per heavy atom. The number of phenols is 1. The summed E-state index contributed by atoms with van der Waals surface area (Å²) in [6.07, 6.45) is 0. The Bertz CT molecular complexity index is 560. The van der Waals surface area contributed by atoms with Crippen LogP contribution in [0.5, 0.6) is 5.75 Å². The molecule has 2 N–H and O–H groups in total. The number of ether oxygens (including phenoxy) is 1. The molecule has 0 atom stereocenters. The molecular weight excluding hydrogens is 322 g/mol. The van der Waals surface area contributed by atoms with Gasteiger partial charge in [0.05, 0.1) is 16.8 Å². The average Bonchev–Trinajstić information content (AvgIpc) is 2.44. The molecule has 0 aliphatic heterocycles. The maximum atomic E-state index is 9.34. The fourth-order valence-electron chi connectivity index (χ4n) is 1.75. The molecule has 0 aliphatic carbocycles. The summed E-state index contributed by atoms with van der Waals surface area (Å²) in [5.74, 6) is 1.55. The summed E-state index contributed by atoms with van der Waals surface area (Å²) in [5.41, 5.74) is 1.62. The van der Waals surface area contributed by atoms with Crippen molar-refractivity contribution in [2.24, 2.45) is 0 Å². The Morgan fingerprint density at radius 3 is 2.55 bits per heavy atom. The molecule has 1 aromatic carbocycles. The first-order valence-corrected chi connectivity index (χ1v) is 7.03. The fourth-order valence-corrected chi connectivity index (χ4v) is 2.18. The standard InChI is InChI=1S/C14H16BrN3O2/c1-3-16-14-12(15)11(8-20-2)17-13(18-14)9-4-6-10(19)7-5-9/h4-7,19H,3,8H2,1-2H3,(H,16,17,18). The smallest absolute Gasteiger partial charge is 0.161 e. The number of halogens is 1. The molecule has 0 spiro atoms. The SMILES string of the molecule is CCNc1nc(-c2ccc(O)cc2)nc(COC)c1Br. The fraction of sp³-hybridized carbons (Fsp3) is 0.286. The minimum Gasteiger partial charge on any atom is -0.508 e. The zero-order valence-corrected chi connectivity index (χ0v) is 12.9. The van der Waals surface area contributed by atoms with Crippen LogP contribution in [0.2, 0.25) is 0 Å². The van der Waals surface area contributed by atoms with Crippen molar-refractivity contribution in [2.45, 2.75) is 13.5 Å². The molecule has 0 saturated heterocycles. The van der Waals surface area contributed by atoms with Crippen LogP contribution in [0.3, 0.4) is 0 Å². The van der Waals surface area contributed by atoms with Crippen molar-refractivity contribution in [2.75, 3.05) is 19.0 Å². The lowest BCUT2D eigenvalue weighted by Crippen LogP contribution is -2.06. The van der Waals surface area contributed by atoms with Gasteiger partial charge in [-0.2, -0.15) is 0 Å². The summed E-state index contributed by atoms with van der Waals surface area (Å²) < 4.78 is 5.97. The molecule has 0 aliphatic rings. The average molecular weight is 338 g/mol. The highest BCUT2D eigenvalue weighted by Crippen LogP contribution is 2.28. The van der Waals surface area contributed by atoms with Gasteiger partial charge in [-0.25, -0.2) is 9.97 Å². The van der Waals surface area contributed by atoms with Gasteiger partial charge in [0.1, 0.15) is 11.6 Å². The van der Waals surface area contributed by atoms with Gasteiger partial charge in [-0.1, -0.05) is 0 Å². The number of aromatic hydroxyl groups is 1. The minimum atomic E-state index is 0.217. The third-order valence-electron chi connectivity index (χ3n) is 2.67. The summed E-state index contributed by atoms with van der Waals surface area (Å²) in [4.78, 5) is 9.00. The first-order valence-electron chi connectivity index (χ1n) is 6.24. The highest BCUT2D eigenvalue weighted by molar-refractivity contribution is 9.10. The van der Waals surface area contributed by atoms with Crippen LogP contribution in [0.15, 0.2) is 28.7 Å². The van der Waals surface area contributed by atoms with Crippen molar-refractivity contribution >= 4 is 21.7 Å². The molecule has 20 heavy (non-hydrogen) atoms. The molecule has 1 heterocycles. The second kappa shape index (κ2) is 6.67. The molecule has 5 nitrogen and oxygen atoms in total. The number of phenolic OH excluding ortho intramolecular Hbond substituents is 1. The number of hydrogen-bond donors (Lipinski definition) is 2. The van der Waals surface area contributed by atoms with Crippen molar-refractivity contribution in [1.82, 2.24) is 9.97 Å². The minimum absolute atomic E-state index is 0.217. The molecule has 2 rings (SSSR count). The van der Waals surface area contributed by atoms with E-state index in [0.29, 0.717) is 12.4 Å². The van der Waals surface area contributed by atoms with Gasteiger partial charge in [0, 0.05) is 19.2 Å². The molecular formula is C14H16BrN3O2. The number of methoxy groups -OCH3 is 1. The Morgan fingerprint density at radius 2 is 1.95 bits per heavy atom. The van der Waals surface area contributed by atoms with Crippen LogP contribution >= 0.6 is 15.9 Å². The second-order valence-electron chi connectivity index (χ2n) is 4.17. The van der Waals surface area contributed by atoms with Gasteiger partial charge in [0.15, 0.2) is 5.82 Å². The van der Waals surface area contributed by atoms with E-state index in [1.165, 1.54) is 0 Å². The second-order valence-corrected chi connectivity index (χ2v) is 4.96. The van der Waals surface area contributed by atoms with Crippen molar-refractivity contribution in [1.29, 1.82) is 0 Å². The van der Waals surface area contributed by atoms with Gasteiger partial charge in [-0.05, 0) is 47.1 Å². The molecule has 0 radical (unpaired) electrons. The number of anilines is 1. The molecule has 1 aromatic heterocycles. The summed E-state index contributed by atoms with van der Waals surface area (Å²) in [5, 5.41) is 12.5. The third-order valence-corrected chi connectivity index (χ3v) is 3.50. The van der Waals surface area contributed by atoms with Crippen molar-refractivity contribution in [3.63, 3.8) is 0 Å². The van der Waals surface area contributed by atoms with E-state index < -0.39 is 0 Å². The van der Waals surface area contributed by atoms with E-state index in [1.54, 1.807) is 31.4 Å². The quantitative estimate of drug-likeness (QED) is 0.876. The maximum Gasteiger partial charge on any atom is 0.161 e. The summed E-state index contributed by atoms with van der Waals surface area (Å²) in [7, 11) is 1.63. The van der Waals surface area contributed by atoms with Crippen molar-refractivity contribution in [3.8, 4) is 17.1 Å². The summed E-state index contributed by atoms with van der Waals surface area (Å²) >= 11 is 3.49. The maximum absolute atomic E-state index is 9.34. The number of hydrogen-bond acceptors (Lipinski definition) is 5. The molecule has 0 bridgehead atoms.